The Hall–Kier alpha value is -2.40. The topological polar surface area (TPSA) is 52.0 Å². The van der Waals surface area contributed by atoms with Crippen LogP contribution in [0.15, 0.2) is 46.3 Å². The predicted octanol–water partition coefficient (Wildman–Crippen LogP) is 3.83. The monoisotopic (exact) mass is 352 g/mol. The molecule has 128 valence electrons. The molecule has 0 fully saturated rings. The summed E-state index contributed by atoms with van der Waals surface area (Å²) in [6, 6.07) is 11.3. The molecule has 25 heavy (non-hydrogen) atoms. The van der Waals surface area contributed by atoms with Crippen LogP contribution in [0.5, 0.6) is 0 Å². The van der Waals surface area contributed by atoms with Gasteiger partial charge in [0, 0.05) is 12.6 Å². The number of nitrogens with zero attached hydrogens (tertiary/aromatic N) is 2. The Morgan fingerprint density at radius 3 is 2.44 bits per heavy atom. The molecule has 0 saturated carbocycles. The number of aryl methyl sites for hydroxylation is 3. The van der Waals surface area contributed by atoms with E-state index in [1.807, 2.05) is 51.1 Å². The number of hydrogen-bond donors (Lipinski definition) is 0. The zero-order valence-corrected chi connectivity index (χ0v) is 15.6. The fourth-order valence-corrected chi connectivity index (χ4v) is 3.99. The third-order valence-corrected chi connectivity index (χ3v) is 5.26. The molecule has 1 heterocycles. The van der Waals surface area contributed by atoms with Crippen LogP contribution >= 0.6 is 11.8 Å². The second-order valence-electron chi connectivity index (χ2n) is 6.26. The molecule has 4 nitrogen and oxygen atoms in total. The SMILES string of the molecule is Cc1cc(C)c(C(=O)CSc2nc3ccccc3c(=O)n2C)c(C)c1. The molecule has 1 aromatic heterocycles. The Kier molecular flexibility index (Phi) is 4.77. The molecule has 0 aliphatic carbocycles. The molecule has 0 aliphatic heterocycles. The highest BCUT2D eigenvalue weighted by molar-refractivity contribution is 7.99. The molecular formula is C20H20N2O2S. The maximum Gasteiger partial charge on any atom is 0.261 e. The smallest absolute Gasteiger partial charge is 0.261 e. The highest BCUT2D eigenvalue weighted by Crippen LogP contribution is 2.22. The standard InChI is InChI=1S/C20H20N2O2S/c1-12-9-13(2)18(14(3)10-12)17(23)11-25-20-21-16-8-6-5-7-15(16)19(24)22(20)4/h5-10H,11H2,1-4H3. The van der Waals surface area contributed by atoms with E-state index in [9.17, 15) is 9.59 Å². The summed E-state index contributed by atoms with van der Waals surface area (Å²) in [4.78, 5) is 29.7. The van der Waals surface area contributed by atoms with Crippen molar-refractivity contribution >= 4 is 28.4 Å². The molecule has 2 aromatic carbocycles. The van der Waals surface area contributed by atoms with Gasteiger partial charge >= 0.3 is 0 Å². The van der Waals surface area contributed by atoms with Crippen LogP contribution < -0.4 is 5.56 Å². The maximum atomic E-state index is 12.7. The third-order valence-electron chi connectivity index (χ3n) is 4.23. The second-order valence-corrected chi connectivity index (χ2v) is 7.20. The average molecular weight is 352 g/mol. The van der Waals surface area contributed by atoms with Gasteiger partial charge < -0.3 is 0 Å². The Morgan fingerprint density at radius 2 is 1.76 bits per heavy atom. The Morgan fingerprint density at radius 1 is 1.12 bits per heavy atom. The molecule has 0 bridgehead atoms. The first-order chi connectivity index (χ1) is 11.9. The van der Waals surface area contributed by atoms with Gasteiger partial charge in [-0.05, 0) is 44.0 Å². The van der Waals surface area contributed by atoms with E-state index in [1.54, 1.807) is 13.1 Å². The van der Waals surface area contributed by atoms with Crippen molar-refractivity contribution in [3.8, 4) is 0 Å². The van der Waals surface area contributed by atoms with Gasteiger partial charge in [0.1, 0.15) is 0 Å². The van der Waals surface area contributed by atoms with Crippen molar-refractivity contribution in [2.24, 2.45) is 7.05 Å². The van der Waals surface area contributed by atoms with Crippen LogP contribution in [0.2, 0.25) is 0 Å². The van der Waals surface area contributed by atoms with E-state index in [0.29, 0.717) is 16.1 Å². The Labute approximate surface area is 150 Å². The van der Waals surface area contributed by atoms with E-state index in [1.165, 1.54) is 16.3 Å². The van der Waals surface area contributed by atoms with Crippen LogP contribution in [0, 0.1) is 20.8 Å². The number of carbonyl (C=O) groups is 1. The van der Waals surface area contributed by atoms with Crippen LogP contribution in [-0.2, 0) is 7.05 Å². The number of rotatable bonds is 4. The van der Waals surface area contributed by atoms with Gasteiger partial charge in [-0.2, -0.15) is 0 Å². The molecule has 0 unspecified atom stereocenters. The van der Waals surface area contributed by atoms with E-state index in [-0.39, 0.29) is 17.1 Å². The van der Waals surface area contributed by atoms with Crippen LogP contribution in [-0.4, -0.2) is 21.1 Å². The number of fused-ring (bicyclic) bond motifs is 1. The lowest BCUT2D eigenvalue weighted by Crippen LogP contribution is -2.20. The number of benzene rings is 2. The van der Waals surface area contributed by atoms with Gasteiger partial charge in [-0.1, -0.05) is 41.6 Å². The molecule has 0 N–H and O–H groups in total. The number of thioether (sulfide) groups is 1. The minimum Gasteiger partial charge on any atom is -0.293 e. The average Bonchev–Trinajstić information content (AvgIpc) is 2.56. The lowest BCUT2D eigenvalue weighted by atomic mass is 9.97. The van der Waals surface area contributed by atoms with Crippen LogP contribution in [0.4, 0.5) is 0 Å². The number of para-hydroxylation sites is 1. The first-order valence-electron chi connectivity index (χ1n) is 8.08. The molecule has 0 atom stereocenters. The maximum absolute atomic E-state index is 12.7. The van der Waals surface area contributed by atoms with Crippen LogP contribution in [0.25, 0.3) is 10.9 Å². The van der Waals surface area contributed by atoms with E-state index in [0.717, 1.165) is 22.3 Å². The van der Waals surface area contributed by atoms with Gasteiger partial charge in [-0.3, -0.25) is 14.2 Å². The first-order valence-corrected chi connectivity index (χ1v) is 9.06. The highest BCUT2D eigenvalue weighted by Gasteiger charge is 2.15. The Bertz CT molecular complexity index is 1010. The van der Waals surface area contributed by atoms with Crippen molar-refractivity contribution in [1.82, 2.24) is 9.55 Å². The fraction of sp³-hybridized carbons (Fsp3) is 0.250. The number of aromatic nitrogens is 2. The molecule has 3 rings (SSSR count). The molecule has 5 heteroatoms. The molecular weight excluding hydrogens is 332 g/mol. The van der Waals surface area contributed by atoms with E-state index >= 15 is 0 Å². The largest absolute Gasteiger partial charge is 0.293 e. The van der Waals surface area contributed by atoms with E-state index in [2.05, 4.69) is 4.98 Å². The predicted molar refractivity (Wildman–Crippen MR) is 103 cm³/mol. The van der Waals surface area contributed by atoms with Crippen LogP contribution in [0.3, 0.4) is 0 Å². The van der Waals surface area contributed by atoms with Crippen molar-refractivity contribution in [3.05, 3.63) is 69.0 Å². The summed E-state index contributed by atoms with van der Waals surface area (Å²) >= 11 is 1.30. The third kappa shape index (κ3) is 3.37. The minimum absolute atomic E-state index is 0.0578. The number of carbonyl (C=O) groups excluding carboxylic acids is 1. The molecule has 3 aromatic rings. The second kappa shape index (κ2) is 6.84. The van der Waals surface area contributed by atoms with Gasteiger partial charge in [-0.15, -0.1) is 0 Å². The van der Waals surface area contributed by atoms with Gasteiger partial charge in [0.05, 0.1) is 16.7 Å². The summed E-state index contributed by atoms with van der Waals surface area (Å²) in [5.74, 6) is 0.311. The molecule has 0 saturated heterocycles. The lowest BCUT2D eigenvalue weighted by Gasteiger charge is -2.11. The first kappa shape index (κ1) is 17.4. The van der Waals surface area contributed by atoms with Crippen molar-refractivity contribution in [3.63, 3.8) is 0 Å². The molecule has 0 spiro atoms. The molecule has 0 radical (unpaired) electrons. The van der Waals surface area contributed by atoms with Crippen molar-refractivity contribution < 1.29 is 4.79 Å². The summed E-state index contributed by atoms with van der Waals surface area (Å²) in [6.45, 7) is 5.95. The zero-order valence-electron chi connectivity index (χ0n) is 14.8. The number of ketones is 1. The van der Waals surface area contributed by atoms with Crippen molar-refractivity contribution in [2.75, 3.05) is 5.75 Å². The lowest BCUT2D eigenvalue weighted by molar-refractivity contribution is 0.102. The van der Waals surface area contributed by atoms with Gasteiger partial charge in [0.15, 0.2) is 10.9 Å². The minimum atomic E-state index is -0.0942. The highest BCUT2D eigenvalue weighted by atomic mass is 32.2. The summed E-state index contributed by atoms with van der Waals surface area (Å²) in [6.07, 6.45) is 0. The zero-order chi connectivity index (χ0) is 18.1. The summed E-state index contributed by atoms with van der Waals surface area (Å²) in [5.41, 5.74) is 4.46. The fourth-order valence-electron chi connectivity index (χ4n) is 3.15. The number of Topliss-reactive ketones (excluding diaryl/α,β-unsaturated/α-hetero) is 1. The molecule has 0 amide bonds. The summed E-state index contributed by atoms with van der Waals surface area (Å²) in [5, 5.41) is 1.14. The van der Waals surface area contributed by atoms with E-state index < -0.39 is 0 Å². The van der Waals surface area contributed by atoms with E-state index in [4.69, 9.17) is 0 Å². The summed E-state index contributed by atoms with van der Waals surface area (Å²) in [7, 11) is 1.69. The van der Waals surface area contributed by atoms with Crippen molar-refractivity contribution in [2.45, 2.75) is 25.9 Å². The Balaban J connectivity index is 1.90. The summed E-state index contributed by atoms with van der Waals surface area (Å²) < 4.78 is 1.51. The number of hydrogen-bond acceptors (Lipinski definition) is 4. The van der Waals surface area contributed by atoms with Gasteiger partial charge in [0.25, 0.3) is 5.56 Å². The van der Waals surface area contributed by atoms with Gasteiger partial charge in [0.2, 0.25) is 0 Å². The normalized spacial score (nSPS) is 11.0. The van der Waals surface area contributed by atoms with Crippen LogP contribution in [0.1, 0.15) is 27.0 Å². The van der Waals surface area contributed by atoms with Crippen molar-refractivity contribution in [1.29, 1.82) is 0 Å². The molecule has 0 aliphatic rings. The quantitative estimate of drug-likeness (QED) is 0.407. The van der Waals surface area contributed by atoms with Gasteiger partial charge in [-0.25, -0.2) is 4.98 Å².